The zero-order valence-electron chi connectivity index (χ0n) is 16.7. The zero-order valence-corrected chi connectivity index (χ0v) is 18.3. The molecule has 0 unspecified atom stereocenters. The summed E-state index contributed by atoms with van der Waals surface area (Å²) in [5.74, 6) is -0.230. The largest absolute Gasteiger partial charge is 0.468 e. The van der Waals surface area contributed by atoms with Crippen LogP contribution in [0.2, 0.25) is 0 Å². The van der Waals surface area contributed by atoms with E-state index in [9.17, 15) is 9.59 Å². The van der Waals surface area contributed by atoms with Crippen LogP contribution in [0, 0.1) is 0 Å². The number of morpholine rings is 1. The molecular formula is C21H23N3O4S2. The minimum absolute atomic E-state index is 0.0622. The average Bonchev–Trinajstić information content (AvgIpc) is 3.23. The van der Waals surface area contributed by atoms with Gasteiger partial charge in [-0.2, -0.15) is 0 Å². The molecule has 9 heteroatoms. The molecule has 3 aromatic rings. The first-order valence-electron chi connectivity index (χ1n) is 9.75. The van der Waals surface area contributed by atoms with Crippen molar-refractivity contribution in [3.63, 3.8) is 0 Å². The number of aromatic nitrogens is 2. The number of thioether (sulfide) groups is 1. The molecule has 0 aliphatic carbocycles. The standard InChI is InChI=1S/C21H23N3O4S2/c1-27-18(25)14-29-21-22-16-13-17(15-5-3-2-4-6-15)30-19(16)20(26)24(21)8-7-23-9-11-28-12-10-23/h2-6,13H,7-12,14H2,1H3. The van der Waals surface area contributed by atoms with E-state index >= 15 is 0 Å². The number of esters is 1. The lowest BCUT2D eigenvalue weighted by molar-refractivity contribution is -0.137. The van der Waals surface area contributed by atoms with Crippen molar-refractivity contribution in [1.82, 2.24) is 14.5 Å². The van der Waals surface area contributed by atoms with E-state index in [0.717, 1.165) is 30.1 Å². The molecule has 1 aliphatic heterocycles. The summed E-state index contributed by atoms with van der Waals surface area (Å²) < 4.78 is 12.5. The number of hydrogen-bond donors (Lipinski definition) is 0. The van der Waals surface area contributed by atoms with Crippen molar-refractivity contribution in [2.75, 3.05) is 45.7 Å². The van der Waals surface area contributed by atoms with E-state index in [1.54, 1.807) is 4.57 Å². The Labute approximate surface area is 182 Å². The van der Waals surface area contributed by atoms with Crippen molar-refractivity contribution in [2.24, 2.45) is 0 Å². The van der Waals surface area contributed by atoms with Crippen LogP contribution in [0.3, 0.4) is 0 Å². The number of carbonyl (C=O) groups excluding carboxylic acids is 1. The lowest BCUT2D eigenvalue weighted by Crippen LogP contribution is -2.39. The Balaban J connectivity index is 1.68. The third-order valence-electron chi connectivity index (χ3n) is 4.95. The maximum absolute atomic E-state index is 13.3. The molecule has 4 rings (SSSR count). The Morgan fingerprint density at radius 3 is 2.73 bits per heavy atom. The van der Waals surface area contributed by atoms with Gasteiger partial charge in [-0.15, -0.1) is 11.3 Å². The number of fused-ring (bicyclic) bond motifs is 1. The Morgan fingerprint density at radius 2 is 2.00 bits per heavy atom. The van der Waals surface area contributed by atoms with Crippen LogP contribution in [0.25, 0.3) is 20.7 Å². The van der Waals surface area contributed by atoms with Crippen molar-refractivity contribution in [3.8, 4) is 10.4 Å². The number of thiophene rings is 1. The quantitative estimate of drug-likeness (QED) is 0.314. The second-order valence-electron chi connectivity index (χ2n) is 6.86. The fourth-order valence-corrected chi connectivity index (χ4v) is 5.20. The second kappa shape index (κ2) is 9.74. The molecule has 0 amide bonds. The van der Waals surface area contributed by atoms with Gasteiger partial charge in [-0.25, -0.2) is 4.98 Å². The summed E-state index contributed by atoms with van der Waals surface area (Å²) in [6.45, 7) is 4.38. The van der Waals surface area contributed by atoms with E-state index in [0.29, 0.717) is 35.1 Å². The summed E-state index contributed by atoms with van der Waals surface area (Å²) in [5.41, 5.74) is 1.66. The number of methoxy groups -OCH3 is 1. The predicted molar refractivity (Wildman–Crippen MR) is 119 cm³/mol. The highest BCUT2D eigenvalue weighted by molar-refractivity contribution is 7.99. The van der Waals surface area contributed by atoms with Gasteiger partial charge in [-0.1, -0.05) is 42.1 Å². The van der Waals surface area contributed by atoms with Crippen molar-refractivity contribution in [3.05, 3.63) is 46.8 Å². The lowest BCUT2D eigenvalue weighted by Gasteiger charge is -2.27. The van der Waals surface area contributed by atoms with Gasteiger partial charge < -0.3 is 9.47 Å². The number of rotatable bonds is 7. The Morgan fingerprint density at radius 1 is 1.23 bits per heavy atom. The highest BCUT2D eigenvalue weighted by Gasteiger charge is 2.18. The molecule has 1 aromatic carbocycles. The van der Waals surface area contributed by atoms with E-state index in [1.807, 2.05) is 36.4 Å². The monoisotopic (exact) mass is 445 g/mol. The molecule has 1 aliphatic rings. The molecule has 0 N–H and O–H groups in total. The highest BCUT2D eigenvalue weighted by atomic mass is 32.2. The van der Waals surface area contributed by atoms with Gasteiger partial charge in [-0.3, -0.25) is 19.1 Å². The molecule has 7 nitrogen and oxygen atoms in total. The number of hydrogen-bond acceptors (Lipinski definition) is 8. The smallest absolute Gasteiger partial charge is 0.316 e. The van der Waals surface area contributed by atoms with Crippen molar-refractivity contribution in [1.29, 1.82) is 0 Å². The van der Waals surface area contributed by atoms with Crippen molar-refractivity contribution < 1.29 is 14.3 Å². The number of benzene rings is 1. The van der Waals surface area contributed by atoms with Gasteiger partial charge in [0, 0.05) is 31.1 Å². The van der Waals surface area contributed by atoms with Crippen LogP contribution in [-0.2, 0) is 20.8 Å². The fourth-order valence-electron chi connectivity index (χ4n) is 3.29. The second-order valence-corrected chi connectivity index (χ2v) is 8.86. The van der Waals surface area contributed by atoms with Crippen molar-refractivity contribution in [2.45, 2.75) is 11.7 Å². The van der Waals surface area contributed by atoms with Gasteiger partial charge in [0.25, 0.3) is 5.56 Å². The first-order valence-corrected chi connectivity index (χ1v) is 11.6. The van der Waals surface area contributed by atoms with Crippen LogP contribution in [0.1, 0.15) is 0 Å². The highest BCUT2D eigenvalue weighted by Crippen LogP contribution is 2.32. The summed E-state index contributed by atoms with van der Waals surface area (Å²) in [6, 6.07) is 11.9. The summed E-state index contributed by atoms with van der Waals surface area (Å²) in [7, 11) is 1.36. The van der Waals surface area contributed by atoms with E-state index in [2.05, 4.69) is 4.90 Å². The van der Waals surface area contributed by atoms with E-state index in [1.165, 1.54) is 30.2 Å². The molecule has 3 heterocycles. The van der Waals surface area contributed by atoms with Gasteiger partial charge in [0.05, 0.1) is 31.6 Å². The molecule has 2 aromatic heterocycles. The zero-order chi connectivity index (χ0) is 20.9. The molecule has 0 atom stereocenters. The van der Waals surface area contributed by atoms with Crippen LogP contribution in [0.15, 0.2) is 46.3 Å². The molecule has 1 saturated heterocycles. The van der Waals surface area contributed by atoms with Crippen LogP contribution >= 0.6 is 23.1 Å². The number of nitrogens with zero attached hydrogens (tertiary/aromatic N) is 3. The summed E-state index contributed by atoms with van der Waals surface area (Å²) in [4.78, 5) is 33.0. The topological polar surface area (TPSA) is 73.7 Å². The first-order chi connectivity index (χ1) is 14.7. The molecule has 30 heavy (non-hydrogen) atoms. The summed E-state index contributed by atoms with van der Waals surface area (Å²) in [6.07, 6.45) is 0. The lowest BCUT2D eigenvalue weighted by atomic mass is 10.2. The maximum Gasteiger partial charge on any atom is 0.316 e. The molecule has 0 radical (unpaired) electrons. The molecule has 0 bridgehead atoms. The fraction of sp³-hybridized carbons (Fsp3) is 0.381. The van der Waals surface area contributed by atoms with Crippen LogP contribution in [0.4, 0.5) is 0 Å². The SMILES string of the molecule is COC(=O)CSc1nc2cc(-c3ccccc3)sc2c(=O)n1CCN1CCOCC1. The molecular weight excluding hydrogens is 422 g/mol. The van der Waals surface area contributed by atoms with Gasteiger partial charge in [0.15, 0.2) is 5.16 Å². The van der Waals surface area contributed by atoms with Crippen LogP contribution in [-0.4, -0.2) is 66.1 Å². The minimum Gasteiger partial charge on any atom is -0.468 e. The third-order valence-corrected chi connectivity index (χ3v) is 7.06. The van der Waals surface area contributed by atoms with Crippen LogP contribution < -0.4 is 5.56 Å². The summed E-state index contributed by atoms with van der Waals surface area (Å²) in [5, 5.41) is 0.545. The molecule has 1 fully saturated rings. The number of ether oxygens (including phenoxy) is 2. The van der Waals surface area contributed by atoms with Crippen LogP contribution in [0.5, 0.6) is 0 Å². The third kappa shape index (κ3) is 4.75. The number of carbonyl (C=O) groups is 1. The van der Waals surface area contributed by atoms with Gasteiger partial charge in [0.2, 0.25) is 0 Å². The first kappa shape index (κ1) is 21.0. The van der Waals surface area contributed by atoms with E-state index in [4.69, 9.17) is 14.5 Å². The minimum atomic E-state index is -0.343. The van der Waals surface area contributed by atoms with Gasteiger partial charge in [-0.05, 0) is 11.6 Å². The predicted octanol–water partition coefficient (Wildman–Crippen LogP) is 2.72. The van der Waals surface area contributed by atoms with Gasteiger partial charge in [0.1, 0.15) is 4.70 Å². The molecule has 0 saturated carbocycles. The average molecular weight is 446 g/mol. The maximum atomic E-state index is 13.3. The van der Waals surface area contributed by atoms with Crippen molar-refractivity contribution >= 4 is 39.3 Å². The van der Waals surface area contributed by atoms with Gasteiger partial charge >= 0.3 is 5.97 Å². The summed E-state index contributed by atoms with van der Waals surface area (Å²) >= 11 is 2.70. The molecule has 0 spiro atoms. The Kier molecular flexibility index (Phi) is 6.83. The Hall–Kier alpha value is -2.20. The Bertz CT molecular complexity index is 1080. The molecule has 158 valence electrons. The van der Waals surface area contributed by atoms with E-state index < -0.39 is 0 Å². The normalized spacial score (nSPS) is 14.8. The van der Waals surface area contributed by atoms with E-state index in [-0.39, 0.29) is 17.3 Å².